The van der Waals surface area contributed by atoms with Crippen LogP contribution in [-0.4, -0.2) is 18.8 Å². The zero-order valence-corrected chi connectivity index (χ0v) is 8.96. The summed E-state index contributed by atoms with van der Waals surface area (Å²) in [6.07, 6.45) is 4.39. The maximum atomic E-state index is 4.36. The minimum Gasteiger partial charge on any atom is -0.128 e. The van der Waals surface area contributed by atoms with Crippen molar-refractivity contribution < 1.29 is 4.70 Å². The van der Waals surface area contributed by atoms with Crippen molar-refractivity contribution in [1.82, 2.24) is 0 Å². The Morgan fingerprint density at radius 2 is 2.00 bits per heavy atom. The number of azo groups is 2. The Morgan fingerprint density at radius 3 is 2.33 bits per heavy atom. The Morgan fingerprint density at radius 1 is 1.42 bits per heavy atom. The van der Waals surface area contributed by atoms with Crippen molar-refractivity contribution in [1.29, 1.82) is 0 Å². The molecule has 2 nitrogen and oxygen atoms in total. The zero-order chi connectivity index (χ0) is 9.56. The van der Waals surface area contributed by atoms with E-state index < -0.39 is 0 Å². The molecule has 0 rings (SSSR count). The van der Waals surface area contributed by atoms with Gasteiger partial charge in [0.05, 0.1) is 0 Å². The normalized spacial score (nSPS) is 12.0. The minimum absolute atomic E-state index is 0.761. The van der Waals surface area contributed by atoms with Crippen molar-refractivity contribution in [2.75, 3.05) is 14.1 Å². The maximum absolute atomic E-state index is 4.36. The summed E-state index contributed by atoms with van der Waals surface area (Å²) in [7, 11) is 3.91. The molecule has 0 fully saturated rings. The fourth-order valence-electron chi connectivity index (χ4n) is 0.946. The van der Waals surface area contributed by atoms with Crippen LogP contribution in [0.5, 0.6) is 0 Å². The van der Waals surface area contributed by atoms with Gasteiger partial charge >= 0.3 is 0 Å². The molecule has 0 bridgehead atoms. The van der Waals surface area contributed by atoms with Crippen molar-refractivity contribution in [3.63, 3.8) is 0 Å². The third-order valence-corrected chi connectivity index (χ3v) is 1.64. The summed E-state index contributed by atoms with van der Waals surface area (Å²) in [5, 5.41) is 4.36. The van der Waals surface area contributed by atoms with Crippen LogP contribution in [0, 0.1) is 5.92 Å². The predicted octanol–water partition coefficient (Wildman–Crippen LogP) is 3.05. The van der Waals surface area contributed by atoms with Crippen LogP contribution < -0.4 is 0 Å². The average Bonchev–Trinajstić information content (AvgIpc) is 1.97. The first-order valence-electron chi connectivity index (χ1n) is 4.60. The fraction of sp³-hybridized carbons (Fsp3) is 0.800. The SMILES string of the molecule is CC=C(CCC(C)C)N=[N+](C)C. The molecule has 0 aliphatic carbocycles. The molecule has 0 amide bonds. The van der Waals surface area contributed by atoms with E-state index in [2.05, 4.69) is 25.0 Å². The zero-order valence-electron chi connectivity index (χ0n) is 8.96. The molecule has 0 radical (unpaired) electrons. The molecule has 2 heteroatoms. The predicted molar refractivity (Wildman–Crippen MR) is 52.4 cm³/mol. The highest BCUT2D eigenvalue weighted by atomic mass is 15.2. The molecule has 0 N–H and O–H groups in total. The van der Waals surface area contributed by atoms with Crippen molar-refractivity contribution in [3.8, 4) is 0 Å². The van der Waals surface area contributed by atoms with Crippen LogP contribution in [0.25, 0.3) is 0 Å². The second-order valence-corrected chi connectivity index (χ2v) is 3.66. The Balaban J connectivity index is 3.95. The summed E-state index contributed by atoms with van der Waals surface area (Å²) < 4.78 is 1.86. The molecule has 0 aromatic rings. The monoisotopic (exact) mass is 169 g/mol. The van der Waals surface area contributed by atoms with Crippen LogP contribution >= 0.6 is 0 Å². The highest BCUT2D eigenvalue weighted by Crippen LogP contribution is 2.12. The van der Waals surface area contributed by atoms with E-state index in [0.29, 0.717) is 0 Å². The van der Waals surface area contributed by atoms with Crippen molar-refractivity contribution in [3.05, 3.63) is 11.8 Å². The van der Waals surface area contributed by atoms with Gasteiger partial charge in [0.1, 0.15) is 5.70 Å². The first-order chi connectivity index (χ1) is 5.56. The number of nitrogens with zero attached hydrogens (tertiary/aromatic N) is 2. The van der Waals surface area contributed by atoms with E-state index in [1.54, 1.807) is 0 Å². The van der Waals surface area contributed by atoms with Crippen LogP contribution in [0.1, 0.15) is 33.6 Å². The number of allylic oxidation sites excluding steroid dienone is 2. The van der Waals surface area contributed by atoms with Gasteiger partial charge in [0.2, 0.25) is 0 Å². The van der Waals surface area contributed by atoms with Crippen LogP contribution in [0.3, 0.4) is 0 Å². The lowest BCUT2D eigenvalue weighted by atomic mass is 10.1. The van der Waals surface area contributed by atoms with Gasteiger partial charge < -0.3 is 0 Å². The lowest BCUT2D eigenvalue weighted by Crippen LogP contribution is -1.95. The quantitative estimate of drug-likeness (QED) is 0.454. The number of hydrogen-bond donors (Lipinski definition) is 0. The van der Waals surface area contributed by atoms with Gasteiger partial charge in [0.25, 0.3) is 0 Å². The Kier molecular flexibility index (Phi) is 5.60. The number of rotatable bonds is 4. The van der Waals surface area contributed by atoms with Crippen LogP contribution in [0.4, 0.5) is 0 Å². The molecule has 0 saturated heterocycles. The van der Waals surface area contributed by atoms with Gasteiger partial charge in [-0.25, -0.2) is 0 Å². The summed E-state index contributed by atoms with van der Waals surface area (Å²) in [6, 6.07) is 0. The van der Waals surface area contributed by atoms with Crippen LogP contribution in [0.2, 0.25) is 0 Å². The van der Waals surface area contributed by atoms with Gasteiger partial charge in [0.15, 0.2) is 14.1 Å². The molecule has 0 aromatic heterocycles. The third kappa shape index (κ3) is 6.08. The summed E-state index contributed by atoms with van der Waals surface area (Å²) in [5.41, 5.74) is 1.19. The summed E-state index contributed by atoms with van der Waals surface area (Å²) in [6.45, 7) is 6.52. The molecule has 0 heterocycles. The first-order valence-corrected chi connectivity index (χ1v) is 4.60. The molecule has 12 heavy (non-hydrogen) atoms. The molecular formula is C10H21N2+. The van der Waals surface area contributed by atoms with E-state index in [1.807, 2.05) is 25.7 Å². The van der Waals surface area contributed by atoms with E-state index >= 15 is 0 Å². The van der Waals surface area contributed by atoms with Gasteiger partial charge in [-0.1, -0.05) is 19.9 Å². The lowest BCUT2D eigenvalue weighted by molar-refractivity contribution is -0.534. The maximum Gasteiger partial charge on any atom is 0.158 e. The second-order valence-electron chi connectivity index (χ2n) is 3.66. The van der Waals surface area contributed by atoms with Crippen LogP contribution in [-0.2, 0) is 0 Å². The molecule has 0 atom stereocenters. The second kappa shape index (κ2) is 5.92. The lowest BCUT2D eigenvalue weighted by Gasteiger charge is -2.01. The number of hydrogen-bond acceptors (Lipinski definition) is 1. The minimum atomic E-state index is 0.761. The Bertz CT molecular complexity index is 174. The van der Waals surface area contributed by atoms with E-state index in [9.17, 15) is 0 Å². The van der Waals surface area contributed by atoms with Gasteiger partial charge in [-0.3, -0.25) is 0 Å². The fourth-order valence-corrected chi connectivity index (χ4v) is 0.946. The van der Waals surface area contributed by atoms with E-state index in [1.165, 1.54) is 12.1 Å². The van der Waals surface area contributed by atoms with Gasteiger partial charge in [-0.15, -0.1) is 4.70 Å². The molecule has 0 aromatic carbocycles. The van der Waals surface area contributed by atoms with Gasteiger partial charge in [-0.05, 0) is 30.8 Å². The molecule has 0 aliphatic rings. The van der Waals surface area contributed by atoms with E-state index in [0.717, 1.165) is 12.3 Å². The highest BCUT2D eigenvalue weighted by Gasteiger charge is 2.00. The van der Waals surface area contributed by atoms with E-state index in [-0.39, 0.29) is 0 Å². The smallest absolute Gasteiger partial charge is 0.128 e. The third-order valence-electron chi connectivity index (χ3n) is 1.64. The molecule has 0 spiro atoms. The summed E-state index contributed by atoms with van der Waals surface area (Å²) >= 11 is 0. The van der Waals surface area contributed by atoms with Crippen molar-refractivity contribution in [2.45, 2.75) is 33.6 Å². The largest absolute Gasteiger partial charge is 0.158 e. The highest BCUT2D eigenvalue weighted by molar-refractivity contribution is 4.95. The topological polar surface area (TPSA) is 15.4 Å². The molecule has 0 saturated carbocycles. The summed E-state index contributed by atoms with van der Waals surface area (Å²) in [4.78, 5) is 0. The molecule has 0 unspecified atom stereocenters. The standard InChI is InChI=1S/C10H21N2/c1-6-10(11-12(4)5)8-7-9(2)3/h6,9H,7-8H2,1-5H3/q+1. The molecular weight excluding hydrogens is 148 g/mol. The van der Waals surface area contributed by atoms with Crippen LogP contribution in [0.15, 0.2) is 16.9 Å². The molecule has 0 aliphatic heterocycles. The van der Waals surface area contributed by atoms with Gasteiger partial charge in [-0.2, -0.15) is 0 Å². The molecule has 70 valence electrons. The van der Waals surface area contributed by atoms with Crippen molar-refractivity contribution in [2.24, 2.45) is 11.0 Å². The first kappa shape index (κ1) is 11.3. The van der Waals surface area contributed by atoms with E-state index in [4.69, 9.17) is 0 Å². The van der Waals surface area contributed by atoms with Gasteiger partial charge in [0, 0.05) is 0 Å². The van der Waals surface area contributed by atoms with Crippen molar-refractivity contribution >= 4 is 0 Å². The average molecular weight is 169 g/mol. The summed E-state index contributed by atoms with van der Waals surface area (Å²) in [5.74, 6) is 0.761. The Labute approximate surface area is 76.0 Å². The Hall–Kier alpha value is -0.660.